The average molecular weight is 255 g/mol. The van der Waals surface area contributed by atoms with E-state index in [4.69, 9.17) is 9.47 Å². The van der Waals surface area contributed by atoms with Gasteiger partial charge in [-0.3, -0.25) is 0 Å². The highest BCUT2D eigenvalue weighted by Crippen LogP contribution is 2.41. The molecule has 104 valence electrons. The molecule has 4 unspecified atom stereocenters. The van der Waals surface area contributed by atoms with Crippen molar-refractivity contribution in [3.05, 3.63) is 0 Å². The Kier molecular flexibility index (Phi) is 3.63. The van der Waals surface area contributed by atoms with Gasteiger partial charge in [0.1, 0.15) is 0 Å². The van der Waals surface area contributed by atoms with E-state index in [9.17, 15) is 5.11 Å². The van der Waals surface area contributed by atoms with Crippen molar-refractivity contribution in [2.75, 3.05) is 13.2 Å². The Labute approximate surface area is 109 Å². The van der Waals surface area contributed by atoms with E-state index in [2.05, 4.69) is 12.2 Å². The largest absolute Gasteiger partial charge is 0.393 e. The lowest BCUT2D eigenvalue weighted by Crippen LogP contribution is -2.53. The van der Waals surface area contributed by atoms with Crippen LogP contribution in [0.25, 0.3) is 0 Å². The number of aliphatic hydroxyl groups excluding tert-OH is 1. The zero-order valence-corrected chi connectivity index (χ0v) is 11.2. The van der Waals surface area contributed by atoms with Gasteiger partial charge in [-0.25, -0.2) is 0 Å². The third kappa shape index (κ3) is 2.44. The molecule has 0 radical (unpaired) electrons. The first kappa shape index (κ1) is 12.9. The summed E-state index contributed by atoms with van der Waals surface area (Å²) < 4.78 is 11.6. The van der Waals surface area contributed by atoms with E-state index in [1.54, 1.807) is 0 Å². The maximum atomic E-state index is 10.3. The van der Waals surface area contributed by atoms with E-state index >= 15 is 0 Å². The van der Waals surface area contributed by atoms with Gasteiger partial charge in [-0.1, -0.05) is 6.42 Å². The number of nitrogens with one attached hydrogen (secondary N) is 1. The normalized spacial score (nSPS) is 44.3. The summed E-state index contributed by atoms with van der Waals surface area (Å²) in [7, 11) is 0. The van der Waals surface area contributed by atoms with Crippen molar-refractivity contribution in [3.8, 4) is 0 Å². The molecule has 1 saturated carbocycles. The molecule has 3 rings (SSSR count). The van der Waals surface area contributed by atoms with Gasteiger partial charge in [-0.05, 0) is 26.2 Å². The summed E-state index contributed by atoms with van der Waals surface area (Å²) in [5.41, 5.74) is 0. The lowest BCUT2D eigenvalue weighted by Gasteiger charge is -2.44. The summed E-state index contributed by atoms with van der Waals surface area (Å²) in [5.74, 6) is -0.105. The van der Waals surface area contributed by atoms with Crippen LogP contribution in [-0.4, -0.2) is 42.3 Å². The fourth-order valence-corrected chi connectivity index (χ4v) is 3.86. The number of hydrogen-bond donors (Lipinski definition) is 2. The number of piperidine rings is 1. The van der Waals surface area contributed by atoms with Gasteiger partial charge in [0.15, 0.2) is 5.79 Å². The summed E-state index contributed by atoms with van der Waals surface area (Å²) in [6.07, 6.45) is 5.96. The van der Waals surface area contributed by atoms with Crippen LogP contribution in [0.2, 0.25) is 0 Å². The molecule has 0 aromatic heterocycles. The predicted octanol–water partition coefficient (Wildman–Crippen LogP) is 1.42. The standard InChI is InChI=1S/C14H25NO3/c1-10-3-2-4-12(15-10)11-9-14(6-5-13(11)16)17-7-8-18-14/h10-13,15-16H,2-9H2,1H3. The van der Waals surface area contributed by atoms with Gasteiger partial charge in [0.25, 0.3) is 0 Å². The Hall–Kier alpha value is -0.160. The zero-order chi connectivity index (χ0) is 12.6. The Bertz CT molecular complexity index is 291. The quantitative estimate of drug-likeness (QED) is 0.744. The zero-order valence-electron chi connectivity index (χ0n) is 11.2. The van der Waals surface area contributed by atoms with Crippen LogP contribution >= 0.6 is 0 Å². The fraction of sp³-hybridized carbons (Fsp3) is 1.00. The molecule has 4 nitrogen and oxygen atoms in total. The van der Waals surface area contributed by atoms with Gasteiger partial charge >= 0.3 is 0 Å². The smallest absolute Gasteiger partial charge is 0.169 e. The first-order chi connectivity index (χ1) is 8.69. The van der Waals surface area contributed by atoms with Gasteiger partial charge in [-0.2, -0.15) is 0 Å². The second-order valence-electron chi connectivity index (χ2n) is 6.19. The van der Waals surface area contributed by atoms with E-state index in [-0.39, 0.29) is 17.8 Å². The first-order valence-corrected chi connectivity index (χ1v) is 7.41. The maximum absolute atomic E-state index is 10.3. The Morgan fingerprint density at radius 2 is 1.94 bits per heavy atom. The Morgan fingerprint density at radius 1 is 1.17 bits per heavy atom. The molecule has 3 fully saturated rings. The van der Waals surface area contributed by atoms with Gasteiger partial charge in [-0.15, -0.1) is 0 Å². The SMILES string of the molecule is CC1CCCC(C2CC3(CCC2O)OCCO3)N1. The molecular weight excluding hydrogens is 230 g/mol. The minimum atomic E-state index is -0.383. The molecule has 4 atom stereocenters. The minimum Gasteiger partial charge on any atom is -0.393 e. The first-order valence-electron chi connectivity index (χ1n) is 7.41. The summed E-state index contributed by atoms with van der Waals surface area (Å²) in [6.45, 7) is 3.65. The van der Waals surface area contributed by atoms with Crippen molar-refractivity contribution in [2.45, 2.75) is 69.4 Å². The molecule has 1 aliphatic carbocycles. The van der Waals surface area contributed by atoms with Crippen LogP contribution < -0.4 is 5.32 Å². The molecule has 0 amide bonds. The molecule has 0 bridgehead atoms. The van der Waals surface area contributed by atoms with E-state index in [0.717, 1.165) is 19.3 Å². The fourth-order valence-electron chi connectivity index (χ4n) is 3.86. The highest BCUT2D eigenvalue weighted by molar-refractivity contribution is 4.95. The van der Waals surface area contributed by atoms with Crippen LogP contribution in [0.15, 0.2) is 0 Å². The highest BCUT2D eigenvalue weighted by atomic mass is 16.7. The van der Waals surface area contributed by atoms with Gasteiger partial charge in [0.05, 0.1) is 19.3 Å². The maximum Gasteiger partial charge on any atom is 0.169 e. The van der Waals surface area contributed by atoms with Crippen LogP contribution in [0.1, 0.15) is 45.4 Å². The molecule has 0 aromatic carbocycles. The number of rotatable bonds is 1. The van der Waals surface area contributed by atoms with Crippen LogP contribution in [0.5, 0.6) is 0 Å². The molecule has 2 heterocycles. The molecule has 18 heavy (non-hydrogen) atoms. The predicted molar refractivity (Wildman–Crippen MR) is 68.2 cm³/mol. The molecule has 2 N–H and O–H groups in total. The summed E-state index contributed by atoms with van der Waals surface area (Å²) in [6, 6.07) is 0.993. The Morgan fingerprint density at radius 3 is 2.67 bits per heavy atom. The molecule has 2 aliphatic heterocycles. The van der Waals surface area contributed by atoms with E-state index in [1.165, 1.54) is 19.3 Å². The second-order valence-corrected chi connectivity index (χ2v) is 6.19. The van der Waals surface area contributed by atoms with E-state index in [0.29, 0.717) is 25.3 Å². The van der Waals surface area contributed by atoms with Crippen molar-refractivity contribution >= 4 is 0 Å². The van der Waals surface area contributed by atoms with Gasteiger partial charge in [0.2, 0.25) is 0 Å². The number of hydrogen-bond acceptors (Lipinski definition) is 4. The van der Waals surface area contributed by atoms with Crippen LogP contribution in [0.3, 0.4) is 0 Å². The third-order valence-electron chi connectivity index (χ3n) is 4.84. The van der Waals surface area contributed by atoms with Crippen molar-refractivity contribution in [3.63, 3.8) is 0 Å². The average Bonchev–Trinajstić information content (AvgIpc) is 2.81. The topological polar surface area (TPSA) is 50.7 Å². The minimum absolute atomic E-state index is 0.203. The van der Waals surface area contributed by atoms with Crippen LogP contribution in [0.4, 0.5) is 0 Å². The van der Waals surface area contributed by atoms with Crippen molar-refractivity contribution < 1.29 is 14.6 Å². The number of aliphatic hydroxyl groups is 1. The van der Waals surface area contributed by atoms with Gasteiger partial charge < -0.3 is 19.9 Å². The molecule has 3 aliphatic rings. The van der Waals surface area contributed by atoms with Gasteiger partial charge in [0, 0.05) is 30.8 Å². The Balaban J connectivity index is 1.68. The lowest BCUT2D eigenvalue weighted by molar-refractivity contribution is -0.206. The monoisotopic (exact) mass is 255 g/mol. The van der Waals surface area contributed by atoms with Crippen molar-refractivity contribution in [2.24, 2.45) is 5.92 Å². The van der Waals surface area contributed by atoms with E-state index in [1.807, 2.05) is 0 Å². The van der Waals surface area contributed by atoms with Crippen LogP contribution in [-0.2, 0) is 9.47 Å². The van der Waals surface area contributed by atoms with Crippen LogP contribution in [0, 0.1) is 5.92 Å². The molecular formula is C14H25NO3. The third-order valence-corrected chi connectivity index (χ3v) is 4.84. The van der Waals surface area contributed by atoms with Crippen molar-refractivity contribution in [1.82, 2.24) is 5.32 Å². The van der Waals surface area contributed by atoms with Crippen molar-refractivity contribution in [1.29, 1.82) is 0 Å². The molecule has 0 aromatic rings. The van der Waals surface area contributed by atoms with E-state index < -0.39 is 0 Å². The highest BCUT2D eigenvalue weighted by Gasteiger charge is 2.47. The summed E-state index contributed by atoms with van der Waals surface area (Å²) in [5, 5.41) is 14.0. The second kappa shape index (κ2) is 5.08. The summed E-state index contributed by atoms with van der Waals surface area (Å²) in [4.78, 5) is 0. The molecule has 4 heteroatoms. The lowest BCUT2D eigenvalue weighted by atomic mass is 9.75. The summed E-state index contributed by atoms with van der Waals surface area (Å²) >= 11 is 0. The number of ether oxygens (including phenoxy) is 2. The molecule has 1 spiro atoms. The molecule has 2 saturated heterocycles.